The van der Waals surface area contributed by atoms with Crippen LogP contribution in [0.1, 0.15) is 32.3 Å². The van der Waals surface area contributed by atoms with E-state index < -0.39 is 11.4 Å². The Balaban J connectivity index is 3.36. The van der Waals surface area contributed by atoms with Gasteiger partial charge in [-0.1, -0.05) is 32.0 Å². The van der Waals surface area contributed by atoms with E-state index in [1.54, 1.807) is 13.2 Å². The number of carboxylic acid groups (broad SMARTS) is 1. The highest BCUT2D eigenvalue weighted by atomic mass is 16.5. The van der Waals surface area contributed by atoms with Crippen LogP contribution in [0.2, 0.25) is 0 Å². The Bertz CT molecular complexity index is 367. The molecule has 1 N–H and O–H groups in total. The molecule has 0 saturated carbocycles. The van der Waals surface area contributed by atoms with Crippen molar-refractivity contribution >= 4 is 5.97 Å². The van der Waals surface area contributed by atoms with E-state index in [1.165, 1.54) is 0 Å². The highest BCUT2D eigenvalue weighted by Gasteiger charge is 2.38. The van der Waals surface area contributed by atoms with Gasteiger partial charge in [-0.05, 0) is 18.9 Å². The number of aliphatic carboxylic acids is 1. The lowest BCUT2D eigenvalue weighted by molar-refractivity contribution is -0.144. The molecule has 0 atom stereocenters. The smallest absolute Gasteiger partial charge is 0.314 e. The zero-order valence-corrected chi connectivity index (χ0v) is 9.99. The zero-order valence-electron chi connectivity index (χ0n) is 9.99. The lowest BCUT2D eigenvalue weighted by atomic mass is 9.75. The van der Waals surface area contributed by atoms with Crippen molar-refractivity contribution < 1.29 is 14.6 Å². The van der Waals surface area contributed by atoms with Gasteiger partial charge < -0.3 is 9.84 Å². The van der Waals surface area contributed by atoms with Crippen LogP contribution in [0.5, 0.6) is 5.75 Å². The van der Waals surface area contributed by atoms with Crippen LogP contribution in [0, 0.1) is 0 Å². The maximum atomic E-state index is 11.5. The number of carboxylic acids is 1. The summed E-state index contributed by atoms with van der Waals surface area (Å²) in [5.41, 5.74) is -0.0814. The minimum atomic E-state index is -0.841. The van der Waals surface area contributed by atoms with Crippen LogP contribution in [-0.4, -0.2) is 18.2 Å². The second-order valence-electron chi connectivity index (χ2n) is 3.79. The average molecular weight is 222 g/mol. The summed E-state index contributed by atoms with van der Waals surface area (Å²) in [7, 11) is 1.57. The molecule has 0 aliphatic carbocycles. The Morgan fingerprint density at radius 2 is 1.88 bits per heavy atom. The van der Waals surface area contributed by atoms with Crippen molar-refractivity contribution in [3.05, 3.63) is 29.8 Å². The normalized spacial score (nSPS) is 11.2. The first-order chi connectivity index (χ1) is 7.62. The van der Waals surface area contributed by atoms with Gasteiger partial charge in [-0.15, -0.1) is 0 Å². The van der Waals surface area contributed by atoms with Gasteiger partial charge in [-0.25, -0.2) is 0 Å². The van der Waals surface area contributed by atoms with Gasteiger partial charge >= 0.3 is 5.97 Å². The van der Waals surface area contributed by atoms with Crippen molar-refractivity contribution in [2.45, 2.75) is 32.1 Å². The van der Waals surface area contributed by atoms with Crippen LogP contribution in [0.25, 0.3) is 0 Å². The van der Waals surface area contributed by atoms with E-state index in [9.17, 15) is 9.90 Å². The molecule has 0 bridgehead atoms. The van der Waals surface area contributed by atoms with Crippen molar-refractivity contribution in [2.75, 3.05) is 7.11 Å². The van der Waals surface area contributed by atoms with Crippen molar-refractivity contribution in [3.8, 4) is 5.75 Å². The molecule has 0 radical (unpaired) electrons. The molecule has 0 aliphatic heterocycles. The summed E-state index contributed by atoms with van der Waals surface area (Å²) < 4.78 is 5.24. The number of benzene rings is 1. The molecule has 0 unspecified atom stereocenters. The van der Waals surface area contributed by atoms with E-state index in [-0.39, 0.29) is 0 Å². The molecule has 0 amide bonds. The molecule has 3 heteroatoms. The van der Waals surface area contributed by atoms with E-state index >= 15 is 0 Å². The van der Waals surface area contributed by atoms with Gasteiger partial charge in [-0.3, -0.25) is 4.79 Å². The number of para-hydroxylation sites is 1. The predicted octanol–water partition coefficient (Wildman–Crippen LogP) is 2.84. The second kappa shape index (κ2) is 5.01. The molecule has 0 saturated heterocycles. The third-order valence-corrected chi connectivity index (χ3v) is 3.24. The van der Waals surface area contributed by atoms with Gasteiger partial charge in [0.2, 0.25) is 0 Å². The fourth-order valence-electron chi connectivity index (χ4n) is 2.09. The molecule has 0 spiro atoms. The van der Waals surface area contributed by atoms with Crippen LogP contribution < -0.4 is 4.74 Å². The van der Waals surface area contributed by atoms with Gasteiger partial charge in [0, 0.05) is 5.56 Å². The van der Waals surface area contributed by atoms with Crippen LogP contribution in [0.15, 0.2) is 24.3 Å². The van der Waals surface area contributed by atoms with E-state index in [4.69, 9.17) is 4.74 Å². The number of ether oxygens (including phenoxy) is 1. The highest BCUT2D eigenvalue weighted by Crippen LogP contribution is 2.37. The SMILES string of the molecule is CCC(CC)(C(=O)O)c1ccccc1OC. The first-order valence-electron chi connectivity index (χ1n) is 5.49. The minimum absolute atomic E-state index is 0.555. The number of carbonyl (C=O) groups is 1. The summed E-state index contributed by atoms with van der Waals surface area (Å²) in [5, 5.41) is 9.44. The van der Waals surface area contributed by atoms with E-state index in [0.717, 1.165) is 5.56 Å². The van der Waals surface area contributed by atoms with Gasteiger partial charge in [0.25, 0.3) is 0 Å². The Kier molecular flexibility index (Phi) is 3.93. The monoisotopic (exact) mass is 222 g/mol. The topological polar surface area (TPSA) is 46.5 Å². The van der Waals surface area contributed by atoms with Gasteiger partial charge in [0.15, 0.2) is 0 Å². The van der Waals surface area contributed by atoms with Gasteiger partial charge in [-0.2, -0.15) is 0 Å². The quantitative estimate of drug-likeness (QED) is 0.833. The molecule has 1 aromatic carbocycles. The lowest BCUT2D eigenvalue weighted by Crippen LogP contribution is -2.34. The summed E-state index contributed by atoms with van der Waals surface area (Å²) >= 11 is 0. The highest BCUT2D eigenvalue weighted by molar-refractivity contribution is 5.82. The third kappa shape index (κ3) is 1.90. The molecule has 0 fully saturated rings. The molecule has 0 aliphatic rings. The summed E-state index contributed by atoms with van der Waals surface area (Å²) in [6.45, 7) is 3.79. The summed E-state index contributed by atoms with van der Waals surface area (Å²) in [6, 6.07) is 7.33. The van der Waals surface area contributed by atoms with Crippen LogP contribution in [-0.2, 0) is 10.2 Å². The van der Waals surface area contributed by atoms with Crippen LogP contribution in [0.4, 0.5) is 0 Å². The summed E-state index contributed by atoms with van der Waals surface area (Å²) in [6.07, 6.45) is 1.11. The molecule has 1 aromatic rings. The molecule has 16 heavy (non-hydrogen) atoms. The minimum Gasteiger partial charge on any atom is -0.496 e. The van der Waals surface area contributed by atoms with Crippen molar-refractivity contribution in [3.63, 3.8) is 0 Å². The predicted molar refractivity (Wildman–Crippen MR) is 62.9 cm³/mol. The number of rotatable bonds is 5. The zero-order chi connectivity index (χ0) is 12.2. The fraction of sp³-hybridized carbons (Fsp3) is 0.462. The van der Waals surface area contributed by atoms with E-state index in [0.29, 0.717) is 18.6 Å². The molecule has 88 valence electrons. The Hall–Kier alpha value is -1.51. The maximum absolute atomic E-state index is 11.5. The Labute approximate surface area is 96.1 Å². The molecule has 0 aromatic heterocycles. The molecular formula is C13H18O3. The lowest BCUT2D eigenvalue weighted by Gasteiger charge is -2.28. The number of hydrogen-bond acceptors (Lipinski definition) is 2. The summed E-state index contributed by atoms with van der Waals surface area (Å²) in [5.74, 6) is -0.143. The van der Waals surface area contributed by atoms with E-state index in [2.05, 4.69) is 0 Å². The van der Waals surface area contributed by atoms with Crippen molar-refractivity contribution in [1.29, 1.82) is 0 Å². The van der Waals surface area contributed by atoms with Crippen LogP contribution in [0.3, 0.4) is 0 Å². The Morgan fingerprint density at radius 3 is 2.31 bits per heavy atom. The van der Waals surface area contributed by atoms with Crippen molar-refractivity contribution in [2.24, 2.45) is 0 Å². The van der Waals surface area contributed by atoms with Gasteiger partial charge in [0.05, 0.1) is 12.5 Å². The first kappa shape index (κ1) is 12.6. The Morgan fingerprint density at radius 1 is 1.31 bits per heavy atom. The van der Waals surface area contributed by atoms with Crippen molar-refractivity contribution in [1.82, 2.24) is 0 Å². The second-order valence-corrected chi connectivity index (χ2v) is 3.79. The average Bonchev–Trinajstić information content (AvgIpc) is 2.31. The largest absolute Gasteiger partial charge is 0.496 e. The molecular weight excluding hydrogens is 204 g/mol. The molecule has 1 rings (SSSR count). The summed E-state index contributed by atoms with van der Waals surface area (Å²) in [4.78, 5) is 11.5. The van der Waals surface area contributed by atoms with Crippen LogP contribution >= 0.6 is 0 Å². The molecule has 0 heterocycles. The number of hydrogen-bond donors (Lipinski definition) is 1. The third-order valence-electron chi connectivity index (χ3n) is 3.24. The van der Waals surface area contributed by atoms with E-state index in [1.807, 2.05) is 32.0 Å². The maximum Gasteiger partial charge on any atom is 0.314 e. The standard InChI is InChI=1S/C13H18O3/c1-4-13(5-2,12(14)15)10-8-6-7-9-11(10)16-3/h6-9H,4-5H2,1-3H3,(H,14,15). The first-order valence-corrected chi connectivity index (χ1v) is 5.49. The fourth-order valence-corrected chi connectivity index (χ4v) is 2.09. The number of methoxy groups -OCH3 is 1. The van der Waals surface area contributed by atoms with Gasteiger partial charge in [0.1, 0.15) is 5.75 Å². The molecule has 3 nitrogen and oxygen atoms in total.